The van der Waals surface area contributed by atoms with Crippen LogP contribution in [-0.4, -0.2) is 26.4 Å². The minimum Gasteiger partial charge on any atom is -0.484 e. The summed E-state index contributed by atoms with van der Waals surface area (Å²) in [5, 5.41) is 12.5. The van der Waals surface area contributed by atoms with Crippen molar-refractivity contribution in [2.75, 3.05) is 11.1 Å². The summed E-state index contributed by atoms with van der Waals surface area (Å²) < 4.78 is 8.63. The Morgan fingerprint density at radius 2 is 1.96 bits per heavy atom. The van der Waals surface area contributed by atoms with Crippen LogP contribution in [0.2, 0.25) is 5.02 Å². The highest BCUT2D eigenvalue weighted by atomic mass is 79.9. The van der Waals surface area contributed by atoms with E-state index in [9.17, 15) is 4.79 Å². The van der Waals surface area contributed by atoms with Gasteiger partial charge in [-0.1, -0.05) is 51.4 Å². The average molecular weight is 482 g/mol. The fourth-order valence-corrected chi connectivity index (χ4v) is 3.69. The van der Waals surface area contributed by atoms with E-state index in [1.54, 1.807) is 12.1 Å². The molecule has 1 aromatic heterocycles. The lowest BCUT2D eigenvalue weighted by Crippen LogP contribution is -2.14. The second-order valence-corrected chi connectivity index (χ2v) is 7.97. The highest BCUT2D eigenvalue weighted by Gasteiger charge is 2.14. The number of benzene rings is 2. The molecule has 0 spiro atoms. The van der Waals surface area contributed by atoms with Gasteiger partial charge in [-0.15, -0.1) is 10.2 Å². The quantitative estimate of drug-likeness (QED) is 0.457. The molecule has 0 radical (unpaired) electrons. The smallest absolute Gasteiger partial charge is 0.234 e. The number of aromatic nitrogens is 3. The summed E-state index contributed by atoms with van der Waals surface area (Å²) in [4.78, 5) is 12.2. The van der Waals surface area contributed by atoms with Gasteiger partial charge in [-0.05, 0) is 43.3 Å². The van der Waals surface area contributed by atoms with Gasteiger partial charge < -0.3 is 14.6 Å². The van der Waals surface area contributed by atoms with Crippen LogP contribution in [-0.2, 0) is 17.9 Å². The Labute approximate surface area is 180 Å². The maximum Gasteiger partial charge on any atom is 0.234 e. The third-order valence-corrected chi connectivity index (χ3v) is 5.57. The topological polar surface area (TPSA) is 69.0 Å². The van der Waals surface area contributed by atoms with E-state index in [4.69, 9.17) is 16.3 Å². The third-order valence-electron chi connectivity index (χ3n) is 3.76. The Morgan fingerprint density at radius 3 is 2.68 bits per heavy atom. The van der Waals surface area contributed by atoms with Crippen molar-refractivity contribution in [1.82, 2.24) is 14.8 Å². The van der Waals surface area contributed by atoms with Crippen LogP contribution < -0.4 is 10.1 Å². The lowest BCUT2D eigenvalue weighted by Gasteiger charge is -2.10. The average Bonchev–Trinajstić information content (AvgIpc) is 3.09. The predicted molar refractivity (Wildman–Crippen MR) is 115 cm³/mol. The van der Waals surface area contributed by atoms with Crippen molar-refractivity contribution < 1.29 is 9.53 Å². The van der Waals surface area contributed by atoms with Crippen molar-refractivity contribution in [1.29, 1.82) is 0 Å². The number of ether oxygens (including phenoxy) is 1. The molecule has 3 aromatic rings. The van der Waals surface area contributed by atoms with Crippen molar-refractivity contribution in [2.45, 2.75) is 25.2 Å². The second kappa shape index (κ2) is 9.95. The van der Waals surface area contributed by atoms with Gasteiger partial charge in [0.15, 0.2) is 11.0 Å². The summed E-state index contributed by atoms with van der Waals surface area (Å²) >= 11 is 10.8. The highest BCUT2D eigenvalue weighted by Crippen LogP contribution is 2.25. The number of anilines is 1. The molecule has 0 aliphatic heterocycles. The minimum atomic E-state index is -0.105. The van der Waals surface area contributed by atoms with E-state index < -0.39 is 0 Å². The van der Waals surface area contributed by atoms with E-state index >= 15 is 0 Å². The first-order chi connectivity index (χ1) is 13.6. The van der Waals surface area contributed by atoms with Crippen molar-refractivity contribution in [3.8, 4) is 5.75 Å². The van der Waals surface area contributed by atoms with Crippen LogP contribution >= 0.6 is 39.3 Å². The van der Waals surface area contributed by atoms with Crippen LogP contribution in [0, 0.1) is 0 Å². The molecule has 0 fully saturated rings. The third kappa shape index (κ3) is 5.50. The van der Waals surface area contributed by atoms with Crippen molar-refractivity contribution in [2.24, 2.45) is 0 Å². The molecule has 0 bridgehead atoms. The Bertz CT molecular complexity index is 949. The van der Waals surface area contributed by atoms with E-state index in [0.29, 0.717) is 28.3 Å². The SMILES string of the molecule is CCn1c(COc2ccccc2Cl)nnc1SCC(=O)Nc1ccc(Br)cc1. The number of hydrogen-bond donors (Lipinski definition) is 1. The number of para-hydroxylation sites is 1. The summed E-state index contributed by atoms with van der Waals surface area (Å²) in [6, 6.07) is 14.7. The summed E-state index contributed by atoms with van der Waals surface area (Å²) in [5.74, 6) is 1.41. The monoisotopic (exact) mass is 480 g/mol. The molecule has 0 saturated carbocycles. The molecule has 1 heterocycles. The lowest BCUT2D eigenvalue weighted by molar-refractivity contribution is -0.113. The van der Waals surface area contributed by atoms with Gasteiger partial charge in [0, 0.05) is 16.7 Å². The summed E-state index contributed by atoms with van der Waals surface area (Å²) in [6.45, 7) is 2.91. The standard InChI is InChI=1S/C19H18BrClN4O2S/c1-2-25-17(11-27-16-6-4-3-5-15(16)21)23-24-19(25)28-12-18(26)22-14-9-7-13(20)8-10-14/h3-10H,2,11-12H2,1H3,(H,22,26). The van der Waals surface area contributed by atoms with Crippen molar-refractivity contribution >= 4 is 50.9 Å². The maximum atomic E-state index is 12.2. The number of carbonyl (C=O) groups excluding carboxylic acids is 1. The number of carbonyl (C=O) groups is 1. The van der Waals surface area contributed by atoms with Crippen LogP contribution in [0.5, 0.6) is 5.75 Å². The van der Waals surface area contributed by atoms with Gasteiger partial charge in [0.2, 0.25) is 5.91 Å². The van der Waals surface area contributed by atoms with E-state index in [-0.39, 0.29) is 18.3 Å². The number of halogens is 2. The number of nitrogens with zero attached hydrogens (tertiary/aromatic N) is 3. The van der Waals surface area contributed by atoms with Gasteiger partial charge in [-0.3, -0.25) is 4.79 Å². The molecule has 0 unspecified atom stereocenters. The van der Waals surface area contributed by atoms with Crippen LogP contribution in [0.1, 0.15) is 12.7 Å². The molecular weight excluding hydrogens is 464 g/mol. The number of hydrogen-bond acceptors (Lipinski definition) is 5. The molecule has 146 valence electrons. The van der Waals surface area contributed by atoms with Gasteiger partial charge in [-0.25, -0.2) is 0 Å². The Morgan fingerprint density at radius 1 is 1.21 bits per heavy atom. The molecule has 2 aromatic carbocycles. The first-order valence-corrected chi connectivity index (χ1v) is 10.7. The van der Waals surface area contributed by atoms with Gasteiger partial charge in [0.1, 0.15) is 12.4 Å². The molecule has 9 heteroatoms. The van der Waals surface area contributed by atoms with Crippen LogP contribution in [0.25, 0.3) is 0 Å². The van der Waals surface area contributed by atoms with Crippen molar-refractivity contribution in [3.05, 3.63) is 63.9 Å². The van der Waals surface area contributed by atoms with Gasteiger partial charge in [0.05, 0.1) is 10.8 Å². The number of nitrogens with one attached hydrogen (secondary N) is 1. The zero-order valence-electron chi connectivity index (χ0n) is 15.1. The molecular formula is C19H18BrClN4O2S. The van der Waals surface area contributed by atoms with E-state index in [1.165, 1.54) is 11.8 Å². The summed E-state index contributed by atoms with van der Waals surface area (Å²) in [5.41, 5.74) is 0.750. The molecule has 3 rings (SSSR count). The van der Waals surface area contributed by atoms with Gasteiger partial charge in [-0.2, -0.15) is 0 Å². The van der Waals surface area contributed by atoms with Gasteiger partial charge >= 0.3 is 0 Å². The number of rotatable bonds is 8. The van der Waals surface area contributed by atoms with E-state index in [1.807, 2.05) is 47.9 Å². The zero-order chi connectivity index (χ0) is 19.9. The molecule has 0 aliphatic carbocycles. The first kappa shape index (κ1) is 20.7. The molecule has 0 atom stereocenters. The summed E-state index contributed by atoms with van der Waals surface area (Å²) in [7, 11) is 0. The fraction of sp³-hybridized carbons (Fsp3) is 0.211. The number of amides is 1. The molecule has 0 saturated heterocycles. The molecule has 1 amide bonds. The predicted octanol–water partition coefficient (Wildman–Crippen LogP) is 5.02. The zero-order valence-corrected chi connectivity index (χ0v) is 18.2. The fourth-order valence-electron chi connectivity index (χ4n) is 2.41. The second-order valence-electron chi connectivity index (χ2n) is 5.71. The maximum absolute atomic E-state index is 12.2. The Balaban J connectivity index is 1.58. The Kier molecular flexibility index (Phi) is 7.36. The van der Waals surface area contributed by atoms with Crippen LogP contribution in [0.3, 0.4) is 0 Å². The van der Waals surface area contributed by atoms with Crippen LogP contribution in [0.15, 0.2) is 58.2 Å². The Hall–Kier alpha value is -2.03. The lowest BCUT2D eigenvalue weighted by atomic mass is 10.3. The largest absolute Gasteiger partial charge is 0.484 e. The van der Waals surface area contributed by atoms with Crippen molar-refractivity contribution in [3.63, 3.8) is 0 Å². The summed E-state index contributed by atoms with van der Waals surface area (Å²) in [6.07, 6.45) is 0. The van der Waals surface area contributed by atoms with Crippen LogP contribution in [0.4, 0.5) is 5.69 Å². The molecule has 6 nitrogen and oxygen atoms in total. The molecule has 0 aliphatic rings. The normalized spacial score (nSPS) is 10.7. The highest BCUT2D eigenvalue weighted by molar-refractivity contribution is 9.10. The minimum absolute atomic E-state index is 0.105. The van der Waals surface area contributed by atoms with E-state index in [0.717, 1.165) is 10.2 Å². The first-order valence-electron chi connectivity index (χ1n) is 8.54. The molecule has 1 N–H and O–H groups in total. The molecule has 28 heavy (non-hydrogen) atoms. The number of thioether (sulfide) groups is 1. The van der Waals surface area contributed by atoms with Gasteiger partial charge in [0.25, 0.3) is 0 Å². The van der Waals surface area contributed by atoms with E-state index in [2.05, 4.69) is 31.4 Å².